The van der Waals surface area contributed by atoms with Crippen LogP contribution in [0.25, 0.3) is 17.0 Å². The molecule has 2 aromatic heterocycles. The van der Waals surface area contributed by atoms with Crippen LogP contribution in [0.3, 0.4) is 0 Å². The Morgan fingerprint density at radius 1 is 1.06 bits per heavy atom. The molecule has 9 heteroatoms. The standard InChI is InChI=1S/C23H23N5O3S/c1-3-31-18-10-8-16(9-11-18)23-26-25-20-12-13-22(27-28(20)23)32-15-21(29)24-14-17-6-4-5-7-19(17)30-2/h4-13H,3,14-15H2,1-2H3,(H,24,29). The summed E-state index contributed by atoms with van der Waals surface area (Å²) in [6.45, 7) is 2.97. The highest BCUT2D eigenvalue weighted by Gasteiger charge is 2.12. The highest BCUT2D eigenvalue weighted by molar-refractivity contribution is 7.99. The van der Waals surface area contributed by atoms with Crippen molar-refractivity contribution in [3.8, 4) is 22.9 Å². The lowest BCUT2D eigenvalue weighted by Crippen LogP contribution is -2.24. The molecule has 0 spiro atoms. The van der Waals surface area contributed by atoms with Crippen LogP contribution in [0.15, 0.2) is 65.7 Å². The second kappa shape index (κ2) is 10.1. The van der Waals surface area contributed by atoms with Gasteiger partial charge in [0.05, 0.1) is 19.5 Å². The van der Waals surface area contributed by atoms with Crippen LogP contribution in [0.5, 0.6) is 11.5 Å². The lowest BCUT2D eigenvalue weighted by molar-refractivity contribution is -0.118. The van der Waals surface area contributed by atoms with E-state index in [1.807, 2.05) is 67.6 Å². The van der Waals surface area contributed by atoms with E-state index in [1.165, 1.54) is 11.8 Å². The van der Waals surface area contributed by atoms with E-state index in [-0.39, 0.29) is 11.7 Å². The van der Waals surface area contributed by atoms with Crippen molar-refractivity contribution >= 4 is 23.3 Å². The van der Waals surface area contributed by atoms with E-state index in [0.29, 0.717) is 29.6 Å². The topological polar surface area (TPSA) is 90.6 Å². The van der Waals surface area contributed by atoms with Gasteiger partial charge in [0.25, 0.3) is 0 Å². The molecule has 164 valence electrons. The number of benzene rings is 2. The van der Waals surface area contributed by atoms with Gasteiger partial charge in [-0.25, -0.2) is 0 Å². The highest BCUT2D eigenvalue weighted by atomic mass is 32.2. The number of carbonyl (C=O) groups is 1. The van der Waals surface area contributed by atoms with E-state index >= 15 is 0 Å². The maximum absolute atomic E-state index is 12.3. The highest BCUT2D eigenvalue weighted by Crippen LogP contribution is 2.23. The fraction of sp³-hybridized carbons (Fsp3) is 0.217. The van der Waals surface area contributed by atoms with Crippen molar-refractivity contribution in [3.63, 3.8) is 0 Å². The van der Waals surface area contributed by atoms with Crippen LogP contribution in [0.2, 0.25) is 0 Å². The van der Waals surface area contributed by atoms with Crippen molar-refractivity contribution in [2.75, 3.05) is 19.5 Å². The number of methoxy groups -OCH3 is 1. The zero-order valence-corrected chi connectivity index (χ0v) is 18.6. The number of nitrogens with zero attached hydrogens (tertiary/aromatic N) is 4. The Bertz CT molecular complexity index is 1210. The molecule has 0 aliphatic heterocycles. The van der Waals surface area contributed by atoms with E-state index in [0.717, 1.165) is 22.6 Å². The third-order valence-corrected chi connectivity index (χ3v) is 5.60. The first-order valence-corrected chi connectivity index (χ1v) is 11.1. The molecular formula is C23H23N5O3S. The predicted molar refractivity (Wildman–Crippen MR) is 123 cm³/mol. The largest absolute Gasteiger partial charge is 0.496 e. The number of ether oxygens (including phenoxy) is 2. The number of thioether (sulfide) groups is 1. The lowest BCUT2D eigenvalue weighted by atomic mass is 10.2. The molecule has 0 unspecified atom stereocenters. The summed E-state index contributed by atoms with van der Waals surface area (Å²) in [4.78, 5) is 12.3. The van der Waals surface area contributed by atoms with E-state index < -0.39 is 0 Å². The summed E-state index contributed by atoms with van der Waals surface area (Å²) in [5.41, 5.74) is 2.45. The number of aromatic nitrogens is 4. The summed E-state index contributed by atoms with van der Waals surface area (Å²) < 4.78 is 12.5. The molecule has 0 radical (unpaired) electrons. The number of nitrogens with one attached hydrogen (secondary N) is 1. The monoisotopic (exact) mass is 449 g/mol. The van der Waals surface area contributed by atoms with Gasteiger partial charge in [0, 0.05) is 17.7 Å². The summed E-state index contributed by atoms with van der Waals surface area (Å²) in [6, 6.07) is 18.9. The van der Waals surface area contributed by atoms with Gasteiger partial charge in [-0.15, -0.1) is 10.2 Å². The first-order chi connectivity index (χ1) is 15.7. The normalized spacial score (nSPS) is 10.8. The number of hydrogen-bond donors (Lipinski definition) is 1. The average Bonchev–Trinajstić information content (AvgIpc) is 3.25. The summed E-state index contributed by atoms with van der Waals surface area (Å²) in [7, 11) is 1.62. The molecule has 4 aromatic rings. The van der Waals surface area contributed by atoms with Crippen LogP contribution in [0, 0.1) is 0 Å². The third-order valence-electron chi connectivity index (χ3n) is 4.68. The van der Waals surface area contributed by atoms with Crippen LogP contribution in [-0.2, 0) is 11.3 Å². The molecule has 4 rings (SSSR count). The molecular weight excluding hydrogens is 426 g/mol. The van der Waals surface area contributed by atoms with Gasteiger partial charge in [0.1, 0.15) is 16.5 Å². The van der Waals surface area contributed by atoms with Gasteiger partial charge in [-0.05, 0) is 49.4 Å². The summed E-state index contributed by atoms with van der Waals surface area (Å²) in [5.74, 6) is 2.34. The summed E-state index contributed by atoms with van der Waals surface area (Å²) in [5, 5.41) is 16.7. The van der Waals surface area contributed by atoms with Gasteiger partial charge in [-0.2, -0.15) is 9.61 Å². The molecule has 0 aliphatic carbocycles. The van der Waals surface area contributed by atoms with Crippen LogP contribution in [-0.4, -0.2) is 45.2 Å². The molecule has 0 fully saturated rings. The van der Waals surface area contributed by atoms with Crippen molar-refractivity contribution in [1.29, 1.82) is 0 Å². The molecule has 1 amide bonds. The van der Waals surface area contributed by atoms with E-state index in [1.54, 1.807) is 11.6 Å². The maximum atomic E-state index is 12.3. The second-order valence-electron chi connectivity index (χ2n) is 6.80. The lowest BCUT2D eigenvalue weighted by Gasteiger charge is -2.09. The van der Waals surface area contributed by atoms with Crippen molar-refractivity contribution in [2.24, 2.45) is 0 Å². The second-order valence-corrected chi connectivity index (χ2v) is 7.80. The minimum absolute atomic E-state index is 0.0849. The molecule has 8 nitrogen and oxygen atoms in total. The molecule has 0 saturated carbocycles. The van der Waals surface area contributed by atoms with Crippen LogP contribution >= 0.6 is 11.8 Å². The molecule has 2 aromatic carbocycles. The minimum Gasteiger partial charge on any atom is -0.496 e. The van der Waals surface area contributed by atoms with Gasteiger partial charge in [0.2, 0.25) is 5.91 Å². The van der Waals surface area contributed by atoms with Gasteiger partial charge in [-0.1, -0.05) is 30.0 Å². The molecule has 0 aliphatic rings. The molecule has 1 N–H and O–H groups in total. The zero-order valence-electron chi connectivity index (χ0n) is 17.8. The van der Waals surface area contributed by atoms with Gasteiger partial charge in [0.15, 0.2) is 11.5 Å². The first-order valence-electron chi connectivity index (χ1n) is 10.1. The molecule has 2 heterocycles. The van der Waals surface area contributed by atoms with Crippen molar-refractivity contribution in [1.82, 2.24) is 25.1 Å². The van der Waals surface area contributed by atoms with Crippen molar-refractivity contribution in [2.45, 2.75) is 18.5 Å². The Balaban J connectivity index is 1.41. The number of rotatable bonds is 9. The van der Waals surface area contributed by atoms with Crippen LogP contribution in [0.1, 0.15) is 12.5 Å². The Labute approximate surface area is 190 Å². The quantitative estimate of drug-likeness (QED) is 0.390. The SMILES string of the molecule is CCOc1ccc(-c2nnc3ccc(SCC(=O)NCc4ccccc4OC)nn23)cc1. The van der Waals surface area contributed by atoms with Crippen molar-refractivity contribution in [3.05, 3.63) is 66.2 Å². The number of hydrogen-bond acceptors (Lipinski definition) is 7. The van der Waals surface area contributed by atoms with Crippen molar-refractivity contribution < 1.29 is 14.3 Å². The van der Waals surface area contributed by atoms with Crippen LogP contribution in [0.4, 0.5) is 0 Å². The smallest absolute Gasteiger partial charge is 0.230 e. The fourth-order valence-corrected chi connectivity index (χ4v) is 3.81. The molecule has 0 atom stereocenters. The fourth-order valence-electron chi connectivity index (χ4n) is 3.13. The van der Waals surface area contributed by atoms with Gasteiger partial charge >= 0.3 is 0 Å². The molecule has 0 bridgehead atoms. The Morgan fingerprint density at radius 2 is 1.88 bits per heavy atom. The maximum Gasteiger partial charge on any atom is 0.230 e. The Morgan fingerprint density at radius 3 is 2.66 bits per heavy atom. The Kier molecular flexibility index (Phi) is 6.86. The zero-order chi connectivity index (χ0) is 22.3. The summed E-state index contributed by atoms with van der Waals surface area (Å²) >= 11 is 1.35. The first kappa shape index (κ1) is 21.6. The van der Waals surface area contributed by atoms with E-state index in [4.69, 9.17) is 9.47 Å². The number of para-hydroxylation sites is 1. The number of fused-ring (bicyclic) bond motifs is 1. The average molecular weight is 450 g/mol. The minimum atomic E-state index is -0.0849. The van der Waals surface area contributed by atoms with E-state index in [9.17, 15) is 4.79 Å². The summed E-state index contributed by atoms with van der Waals surface area (Å²) in [6.07, 6.45) is 0. The number of carbonyl (C=O) groups excluding carboxylic acids is 1. The third kappa shape index (κ3) is 5.00. The van der Waals surface area contributed by atoms with Crippen LogP contribution < -0.4 is 14.8 Å². The predicted octanol–water partition coefficient (Wildman–Crippen LogP) is 3.61. The van der Waals surface area contributed by atoms with Gasteiger partial charge in [-0.3, -0.25) is 4.79 Å². The Hall–Kier alpha value is -3.59. The van der Waals surface area contributed by atoms with E-state index in [2.05, 4.69) is 20.6 Å². The molecule has 0 saturated heterocycles. The number of amides is 1. The van der Waals surface area contributed by atoms with Gasteiger partial charge < -0.3 is 14.8 Å². The molecule has 32 heavy (non-hydrogen) atoms.